The van der Waals surface area contributed by atoms with Crippen molar-refractivity contribution in [3.05, 3.63) is 23.4 Å². The first-order valence-corrected chi connectivity index (χ1v) is 4.71. The van der Waals surface area contributed by atoms with E-state index in [2.05, 4.69) is 20.3 Å². The van der Waals surface area contributed by atoms with Gasteiger partial charge >= 0.3 is 0 Å². The van der Waals surface area contributed by atoms with Crippen molar-refractivity contribution in [3.8, 4) is 0 Å². The quantitative estimate of drug-likeness (QED) is 0.538. The van der Waals surface area contributed by atoms with Crippen molar-refractivity contribution in [2.45, 2.75) is 20.8 Å². The fraction of sp³-hybridized carbons (Fsp3) is 0.333. The van der Waals surface area contributed by atoms with Gasteiger partial charge in [0.1, 0.15) is 11.6 Å². The van der Waals surface area contributed by atoms with E-state index in [1.165, 1.54) is 0 Å². The Morgan fingerprint density at radius 2 is 1.93 bits per heavy atom. The van der Waals surface area contributed by atoms with Crippen LogP contribution in [0.25, 0.3) is 11.4 Å². The lowest BCUT2D eigenvalue weighted by atomic mass is 10.4. The van der Waals surface area contributed by atoms with Gasteiger partial charge in [0.15, 0.2) is 5.65 Å². The molecule has 0 N–H and O–H groups in total. The third-order valence-electron chi connectivity index (χ3n) is 2.43. The first kappa shape index (κ1) is 8.34. The fourth-order valence-electron chi connectivity index (χ4n) is 1.82. The van der Waals surface area contributed by atoms with Crippen molar-refractivity contribution in [3.63, 3.8) is 0 Å². The molecule has 3 aromatic heterocycles. The van der Waals surface area contributed by atoms with Gasteiger partial charge in [-0.3, -0.25) is 4.40 Å². The summed E-state index contributed by atoms with van der Waals surface area (Å²) in [6.45, 7) is 5.79. The second-order valence-electron chi connectivity index (χ2n) is 3.60. The molecular weight excluding hydrogens is 192 g/mol. The summed E-state index contributed by atoms with van der Waals surface area (Å²) in [7, 11) is 0. The molecule has 3 aromatic rings. The van der Waals surface area contributed by atoms with Gasteiger partial charge in [0.25, 0.3) is 5.78 Å². The molecule has 3 rings (SSSR count). The third-order valence-corrected chi connectivity index (χ3v) is 2.43. The lowest BCUT2D eigenvalue weighted by molar-refractivity contribution is 0.890. The van der Waals surface area contributed by atoms with Gasteiger partial charge in [-0.1, -0.05) is 0 Å². The van der Waals surface area contributed by atoms with Crippen molar-refractivity contribution in [2.75, 3.05) is 0 Å². The minimum Gasteiger partial charge on any atom is -0.268 e. The molecule has 0 atom stereocenters. The fourth-order valence-corrected chi connectivity index (χ4v) is 1.82. The van der Waals surface area contributed by atoms with E-state index in [9.17, 15) is 0 Å². The molecule has 0 amide bonds. The Kier molecular flexibility index (Phi) is 1.41. The molecule has 0 aliphatic heterocycles. The normalized spacial score (nSPS) is 11.7. The van der Waals surface area contributed by atoms with Crippen molar-refractivity contribution < 1.29 is 0 Å². The highest BCUT2D eigenvalue weighted by atomic mass is 15.4. The molecule has 0 bridgehead atoms. The summed E-state index contributed by atoms with van der Waals surface area (Å²) in [4.78, 5) is 4.30. The monoisotopic (exact) mass is 202 g/mol. The van der Waals surface area contributed by atoms with Crippen LogP contribution in [0.2, 0.25) is 0 Å². The molecule has 15 heavy (non-hydrogen) atoms. The summed E-state index contributed by atoms with van der Waals surface area (Å²) < 4.78 is 3.67. The lowest BCUT2D eigenvalue weighted by Gasteiger charge is -2.00. The summed E-state index contributed by atoms with van der Waals surface area (Å²) in [5, 5.41) is 12.4. The van der Waals surface area contributed by atoms with Crippen molar-refractivity contribution in [2.24, 2.45) is 0 Å². The lowest BCUT2D eigenvalue weighted by Crippen LogP contribution is -2.01. The number of aromatic nitrogens is 6. The van der Waals surface area contributed by atoms with Crippen LogP contribution in [-0.2, 0) is 0 Å². The molecule has 0 aliphatic rings. The molecule has 0 unspecified atom stereocenters. The zero-order valence-electron chi connectivity index (χ0n) is 8.76. The molecule has 0 saturated heterocycles. The van der Waals surface area contributed by atoms with E-state index in [0.29, 0.717) is 5.78 Å². The molecule has 6 nitrogen and oxygen atoms in total. The maximum Gasteiger partial charge on any atom is 0.258 e. The summed E-state index contributed by atoms with van der Waals surface area (Å²) in [6, 6.07) is 1.98. The number of aryl methyl sites for hydroxylation is 3. The maximum atomic E-state index is 4.30. The highest BCUT2D eigenvalue weighted by Gasteiger charge is 2.10. The van der Waals surface area contributed by atoms with Gasteiger partial charge in [-0.05, 0) is 20.8 Å². The molecule has 0 saturated carbocycles. The zero-order valence-corrected chi connectivity index (χ0v) is 8.76. The first-order chi connectivity index (χ1) is 7.16. The molecular formula is C9H10N6. The molecule has 0 aliphatic carbocycles. The molecule has 0 aromatic carbocycles. The minimum atomic E-state index is 0.711. The van der Waals surface area contributed by atoms with Crippen LogP contribution in [0.4, 0.5) is 0 Å². The maximum absolute atomic E-state index is 4.30. The van der Waals surface area contributed by atoms with Crippen LogP contribution in [0, 0.1) is 20.8 Å². The summed E-state index contributed by atoms with van der Waals surface area (Å²) in [5.74, 6) is 2.31. The Balaban J connectivity index is 2.63. The summed E-state index contributed by atoms with van der Waals surface area (Å²) in [6.07, 6.45) is 0. The average Bonchev–Trinajstić information content (AvgIpc) is 2.69. The second-order valence-corrected chi connectivity index (χ2v) is 3.60. The van der Waals surface area contributed by atoms with Crippen LogP contribution in [-0.4, -0.2) is 29.2 Å². The van der Waals surface area contributed by atoms with E-state index in [-0.39, 0.29) is 0 Å². The molecule has 6 heteroatoms. The van der Waals surface area contributed by atoms with Gasteiger partial charge in [-0.2, -0.15) is 4.52 Å². The zero-order chi connectivity index (χ0) is 10.6. The SMILES string of the molecule is Cc1nc2cc(C)n3c(C)nnc3n2n1. The summed E-state index contributed by atoms with van der Waals surface area (Å²) in [5.41, 5.74) is 1.87. The highest BCUT2D eigenvalue weighted by Crippen LogP contribution is 2.11. The van der Waals surface area contributed by atoms with Gasteiger partial charge in [0.05, 0.1) is 0 Å². The van der Waals surface area contributed by atoms with E-state index in [1.807, 2.05) is 31.2 Å². The van der Waals surface area contributed by atoms with Gasteiger partial charge < -0.3 is 0 Å². The largest absolute Gasteiger partial charge is 0.268 e. The van der Waals surface area contributed by atoms with Crippen LogP contribution in [0.15, 0.2) is 6.07 Å². The number of fused-ring (bicyclic) bond motifs is 3. The highest BCUT2D eigenvalue weighted by molar-refractivity contribution is 5.48. The van der Waals surface area contributed by atoms with E-state index in [1.54, 1.807) is 4.52 Å². The van der Waals surface area contributed by atoms with Gasteiger partial charge in [-0.25, -0.2) is 4.98 Å². The van der Waals surface area contributed by atoms with E-state index >= 15 is 0 Å². The van der Waals surface area contributed by atoms with Gasteiger partial charge in [-0.15, -0.1) is 15.3 Å². The number of hydrogen-bond donors (Lipinski definition) is 0. The Morgan fingerprint density at radius 3 is 2.73 bits per heavy atom. The Hall–Kier alpha value is -1.98. The number of nitrogens with zero attached hydrogens (tertiary/aromatic N) is 6. The topological polar surface area (TPSA) is 60.4 Å². The molecule has 0 spiro atoms. The Morgan fingerprint density at radius 1 is 1.13 bits per heavy atom. The van der Waals surface area contributed by atoms with Gasteiger partial charge in [0.2, 0.25) is 0 Å². The first-order valence-electron chi connectivity index (χ1n) is 4.71. The van der Waals surface area contributed by atoms with Crippen molar-refractivity contribution >= 4 is 11.4 Å². The average molecular weight is 202 g/mol. The minimum absolute atomic E-state index is 0.711. The Labute approximate surface area is 85.6 Å². The standard InChI is InChI=1S/C9H10N6/c1-5-4-8-10-6(2)13-15(8)9-12-11-7(3)14(5)9/h4H,1-3H3. The smallest absolute Gasteiger partial charge is 0.258 e. The molecule has 76 valence electrons. The molecule has 0 fully saturated rings. The Bertz CT molecular complexity index is 662. The van der Waals surface area contributed by atoms with Crippen LogP contribution >= 0.6 is 0 Å². The van der Waals surface area contributed by atoms with E-state index in [0.717, 1.165) is 23.0 Å². The van der Waals surface area contributed by atoms with Crippen LogP contribution < -0.4 is 0 Å². The van der Waals surface area contributed by atoms with Crippen LogP contribution in [0.5, 0.6) is 0 Å². The number of hydrogen-bond acceptors (Lipinski definition) is 4. The van der Waals surface area contributed by atoms with Crippen molar-refractivity contribution in [1.82, 2.24) is 29.2 Å². The predicted octanol–water partition coefficient (Wildman–Crippen LogP) is 0.697. The van der Waals surface area contributed by atoms with E-state index < -0.39 is 0 Å². The predicted molar refractivity (Wildman–Crippen MR) is 53.7 cm³/mol. The second kappa shape index (κ2) is 2.53. The van der Waals surface area contributed by atoms with E-state index in [4.69, 9.17) is 0 Å². The third kappa shape index (κ3) is 0.984. The van der Waals surface area contributed by atoms with Crippen molar-refractivity contribution in [1.29, 1.82) is 0 Å². The van der Waals surface area contributed by atoms with Gasteiger partial charge in [0, 0.05) is 11.8 Å². The molecule has 0 radical (unpaired) electrons. The van der Waals surface area contributed by atoms with Crippen LogP contribution in [0.1, 0.15) is 17.3 Å². The van der Waals surface area contributed by atoms with Crippen LogP contribution in [0.3, 0.4) is 0 Å². The number of rotatable bonds is 0. The molecule has 3 heterocycles. The summed E-state index contributed by atoms with van der Waals surface area (Å²) >= 11 is 0.